The van der Waals surface area contributed by atoms with Crippen LogP contribution in [0.5, 0.6) is 5.75 Å². The molecule has 3 aromatic rings. The van der Waals surface area contributed by atoms with E-state index >= 15 is 0 Å². The summed E-state index contributed by atoms with van der Waals surface area (Å²) in [5, 5.41) is 11.4. The number of benzene rings is 2. The summed E-state index contributed by atoms with van der Waals surface area (Å²) < 4.78 is 32.1. The summed E-state index contributed by atoms with van der Waals surface area (Å²) in [6.45, 7) is 2.63. The highest BCUT2D eigenvalue weighted by atomic mass is 32.2. The number of sulfonamides is 1. The van der Waals surface area contributed by atoms with Gasteiger partial charge in [-0.2, -0.15) is 0 Å². The molecule has 1 N–H and O–H groups in total. The van der Waals surface area contributed by atoms with Crippen LogP contribution in [0.25, 0.3) is 21.9 Å². The molecule has 0 spiro atoms. The topological polar surface area (TPSA) is 79.7 Å². The number of hydrogen-bond acceptors (Lipinski definition) is 5. The van der Waals surface area contributed by atoms with E-state index in [0.717, 1.165) is 33.2 Å². The molecule has 1 fully saturated rings. The van der Waals surface area contributed by atoms with Gasteiger partial charge in [0.05, 0.1) is 12.4 Å². The van der Waals surface area contributed by atoms with Crippen molar-refractivity contribution in [2.75, 3.05) is 18.8 Å². The Morgan fingerprint density at radius 1 is 1.13 bits per heavy atom. The van der Waals surface area contributed by atoms with Crippen molar-refractivity contribution in [3.63, 3.8) is 0 Å². The van der Waals surface area contributed by atoms with Gasteiger partial charge in [-0.3, -0.25) is 4.98 Å². The van der Waals surface area contributed by atoms with E-state index < -0.39 is 10.0 Å². The molecule has 2 heterocycles. The summed E-state index contributed by atoms with van der Waals surface area (Å²) >= 11 is 0. The number of hydrogen-bond donors (Lipinski definition) is 1. The molecule has 4 rings (SSSR count). The van der Waals surface area contributed by atoms with Crippen molar-refractivity contribution < 1.29 is 18.3 Å². The van der Waals surface area contributed by atoms with Gasteiger partial charge in [-0.15, -0.1) is 0 Å². The summed E-state index contributed by atoms with van der Waals surface area (Å²) in [5.74, 6) is 0.880. The Bertz CT molecular complexity index is 1140. The zero-order chi connectivity index (χ0) is 21.1. The molecule has 0 atom stereocenters. The average molecular weight is 427 g/mol. The van der Waals surface area contributed by atoms with E-state index in [0.29, 0.717) is 25.9 Å². The molecule has 0 radical (unpaired) electrons. The molecule has 0 aliphatic carbocycles. The summed E-state index contributed by atoms with van der Waals surface area (Å²) in [5.41, 5.74) is 2.87. The quantitative estimate of drug-likeness (QED) is 0.652. The Morgan fingerprint density at radius 2 is 1.93 bits per heavy atom. The van der Waals surface area contributed by atoms with E-state index in [2.05, 4.69) is 11.1 Å². The number of aliphatic hydroxyl groups is 1. The normalized spacial score (nSPS) is 16.1. The van der Waals surface area contributed by atoms with Crippen molar-refractivity contribution in [2.24, 2.45) is 0 Å². The largest absolute Gasteiger partial charge is 0.490 e. The van der Waals surface area contributed by atoms with Gasteiger partial charge in [-0.1, -0.05) is 18.2 Å². The predicted molar refractivity (Wildman–Crippen MR) is 118 cm³/mol. The van der Waals surface area contributed by atoms with E-state index in [4.69, 9.17) is 4.74 Å². The van der Waals surface area contributed by atoms with Gasteiger partial charge in [-0.25, -0.2) is 12.7 Å². The smallest absolute Gasteiger partial charge is 0.213 e. The molecule has 30 heavy (non-hydrogen) atoms. The summed E-state index contributed by atoms with van der Waals surface area (Å²) in [6, 6.07) is 13.9. The molecule has 158 valence electrons. The molecular weight excluding hydrogens is 400 g/mol. The minimum Gasteiger partial charge on any atom is -0.490 e. The molecule has 0 amide bonds. The highest BCUT2D eigenvalue weighted by Gasteiger charge is 2.28. The fraction of sp³-hybridized carbons (Fsp3) is 0.348. The molecule has 0 unspecified atom stereocenters. The molecule has 0 bridgehead atoms. The van der Waals surface area contributed by atoms with Crippen molar-refractivity contribution in [2.45, 2.75) is 32.5 Å². The first-order chi connectivity index (χ1) is 14.5. The molecule has 0 saturated carbocycles. The van der Waals surface area contributed by atoms with Crippen molar-refractivity contribution in [3.8, 4) is 16.9 Å². The number of fused-ring (bicyclic) bond motifs is 1. The van der Waals surface area contributed by atoms with Crippen molar-refractivity contribution in [1.29, 1.82) is 0 Å². The standard InChI is InChI=1S/C23H26N2O4S/c1-2-30(27,28)25-10-7-21(8-11-25)29-23-14-20(13-19-6-9-24-15-22(19)23)18-5-3-4-17(12-18)16-26/h3-6,9,12-15,21,26H,2,7-8,10-11,16H2,1H3. The van der Waals surface area contributed by atoms with Gasteiger partial charge >= 0.3 is 0 Å². The van der Waals surface area contributed by atoms with Crippen LogP contribution in [0.15, 0.2) is 54.9 Å². The van der Waals surface area contributed by atoms with Crippen LogP contribution >= 0.6 is 0 Å². The maximum Gasteiger partial charge on any atom is 0.213 e. The van der Waals surface area contributed by atoms with Crippen LogP contribution in [-0.2, 0) is 16.6 Å². The molecule has 1 aromatic heterocycles. The minimum absolute atomic E-state index is 0.00601. The van der Waals surface area contributed by atoms with Gasteiger partial charge in [0, 0.05) is 30.9 Å². The first-order valence-corrected chi connectivity index (χ1v) is 11.8. The van der Waals surface area contributed by atoms with Gasteiger partial charge in [0.1, 0.15) is 11.9 Å². The molecule has 2 aromatic carbocycles. The number of aromatic nitrogens is 1. The lowest BCUT2D eigenvalue weighted by atomic mass is 9.99. The lowest BCUT2D eigenvalue weighted by molar-refractivity contribution is 0.137. The van der Waals surface area contributed by atoms with Crippen molar-refractivity contribution in [3.05, 3.63) is 60.4 Å². The van der Waals surface area contributed by atoms with Gasteiger partial charge in [0.2, 0.25) is 10.0 Å². The molecule has 1 aliphatic heterocycles. The number of aliphatic hydroxyl groups excluding tert-OH is 1. The number of rotatable bonds is 6. The maximum atomic E-state index is 12.1. The number of nitrogens with zero attached hydrogens (tertiary/aromatic N) is 2. The highest BCUT2D eigenvalue weighted by molar-refractivity contribution is 7.89. The zero-order valence-corrected chi connectivity index (χ0v) is 17.8. The van der Waals surface area contributed by atoms with Gasteiger partial charge in [-0.05, 0) is 66.1 Å². The predicted octanol–water partition coefficient (Wildman–Crippen LogP) is 3.59. The van der Waals surface area contributed by atoms with Crippen molar-refractivity contribution >= 4 is 20.8 Å². The second-order valence-electron chi connectivity index (χ2n) is 7.55. The van der Waals surface area contributed by atoms with Crippen LogP contribution in [0.1, 0.15) is 25.3 Å². The summed E-state index contributed by atoms with van der Waals surface area (Å²) in [7, 11) is -3.15. The molecule has 7 heteroatoms. The fourth-order valence-electron chi connectivity index (χ4n) is 3.87. The van der Waals surface area contributed by atoms with E-state index in [1.54, 1.807) is 23.6 Å². The Labute approximate surface area is 177 Å². The third-order valence-corrected chi connectivity index (χ3v) is 7.50. The van der Waals surface area contributed by atoms with E-state index in [1.807, 2.05) is 36.4 Å². The number of pyridine rings is 1. The fourth-order valence-corrected chi connectivity index (χ4v) is 5.00. The Morgan fingerprint density at radius 3 is 2.67 bits per heavy atom. The van der Waals surface area contributed by atoms with Crippen LogP contribution < -0.4 is 4.74 Å². The van der Waals surface area contributed by atoms with E-state index in [1.165, 1.54) is 0 Å². The highest BCUT2D eigenvalue weighted by Crippen LogP contribution is 2.34. The summed E-state index contributed by atoms with van der Waals surface area (Å²) in [6.07, 6.45) is 4.83. The third-order valence-electron chi connectivity index (χ3n) is 5.61. The van der Waals surface area contributed by atoms with Gasteiger partial charge in [0.15, 0.2) is 0 Å². The van der Waals surface area contributed by atoms with Crippen LogP contribution in [0.4, 0.5) is 0 Å². The van der Waals surface area contributed by atoms with Crippen LogP contribution in [0, 0.1) is 0 Å². The Hall–Kier alpha value is -2.48. The third kappa shape index (κ3) is 4.33. The SMILES string of the molecule is CCS(=O)(=O)N1CCC(Oc2cc(-c3cccc(CO)c3)cc3ccncc23)CC1. The van der Waals surface area contributed by atoms with E-state index in [-0.39, 0.29) is 18.5 Å². The molecule has 1 aliphatic rings. The molecular formula is C23H26N2O4S. The first kappa shape index (κ1) is 20.8. The lowest BCUT2D eigenvalue weighted by Gasteiger charge is -2.31. The number of piperidine rings is 1. The number of ether oxygens (including phenoxy) is 1. The molecule has 6 nitrogen and oxygen atoms in total. The van der Waals surface area contributed by atoms with Crippen LogP contribution in [0.2, 0.25) is 0 Å². The van der Waals surface area contributed by atoms with Crippen LogP contribution in [-0.4, -0.2) is 47.8 Å². The summed E-state index contributed by atoms with van der Waals surface area (Å²) in [4.78, 5) is 4.25. The average Bonchev–Trinajstić information content (AvgIpc) is 2.79. The second kappa shape index (κ2) is 8.71. The first-order valence-electron chi connectivity index (χ1n) is 10.2. The molecule has 1 saturated heterocycles. The van der Waals surface area contributed by atoms with Gasteiger partial charge < -0.3 is 9.84 Å². The zero-order valence-electron chi connectivity index (χ0n) is 17.0. The second-order valence-corrected chi connectivity index (χ2v) is 9.80. The Balaban J connectivity index is 1.62. The Kier molecular flexibility index (Phi) is 6.04. The lowest BCUT2D eigenvalue weighted by Crippen LogP contribution is -2.42. The maximum absolute atomic E-state index is 12.1. The van der Waals surface area contributed by atoms with E-state index in [9.17, 15) is 13.5 Å². The van der Waals surface area contributed by atoms with Crippen molar-refractivity contribution in [1.82, 2.24) is 9.29 Å². The minimum atomic E-state index is -3.15. The van der Waals surface area contributed by atoms with Gasteiger partial charge in [0.25, 0.3) is 0 Å². The van der Waals surface area contributed by atoms with Crippen LogP contribution in [0.3, 0.4) is 0 Å². The monoisotopic (exact) mass is 426 g/mol.